The van der Waals surface area contributed by atoms with Crippen molar-refractivity contribution in [1.29, 1.82) is 0 Å². The third-order valence-corrected chi connectivity index (χ3v) is 8.40. The fourth-order valence-corrected chi connectivity index (χ4v) is 6.02. The zero-order chi connectivity index (χ0) is 34.5. The SMILES string of the molecule is COc1ccc(C(OC[C@H]2O[C@@H](n3cnc4c(=O)[nH]c(N)nc43)C[C@@H]2OC(=O)CCC(=O)O)(c2ccccc2)c2ccc(OC)cc2)cc1. The number of nitrogen functional groups attached to an aromatic ring is 1. The molecule has 6 rings (SSSR count). The van der Waals surface area contributed by atoms with Crippen LogP contribution in [0, 0.1) is 0 Å². The van der Waals surface area contributed by atoms with Crippen LogP contribution in [0.5, 0.6) is 11.5 Å². The van der Waals surface area contributed by atoms with Gasteiger partial charge in [-0.15, -0.1) is 0 Å². The minimum Gasteiger partial charge on any atom is -0.497 e. The van der Waals surface area contributed by atoms with E-state index in [0.717, 1.165) is 16.7 Å². The Kier molecular flexibility index (Phi) is 9.60. The van der Waals surface area contributed by atoms with Crippen molar-refractivity contribution in [3.05, 3.63) is 112 Å². The summed E-state index contributed by atoms with van der Waals surface area (Å²) < 4.78 is 31.7. The van der Waals surface area contributed by atoms with Gasteiger partial charge in [-0.25, -0.2) is 4.98 Å². The number of ether oxygens (including phenoxy) is 5. The smallest absolute Gasteiger partial charge is 0.306 e. The molecule has 254 valence electrons. The number of aliphatic carboxylic acids is 1. The summed E-state index contributed by atoms with van der Waals surface area (Å²) in [5.41, 5.74) is 6.77. The van der Waals surface area contributed by atoms with Gasteiger partial charge < -0.3 is 34.5 Å². The summed E-state index contributed by atoms with van der Waals surface area (Å²) in [5.74, 6) is -0.591. The molecule has 0 bridgehead atoms. The molecule has 5 aromatic rings. The largest absolute Gasteiger partial charge is 0.497 e. The highest BCUT2D eigenvalue weighted by atomic mass is 16.6. The number of nitrogens with two attached hydrogens (primary N) is 1. The van der Waals surface area contributed by atoms with Crippen LogP contribution in [-0.4, -0.2) is 69.6 Å². The van der Waals surface area contributed by atoms with Crippen molar-refractivity contribution in [2.45, 2.75) is 43.3 Å². The van der Waals surface area contributed by atoms with Gasteiger partial charge in [0.05, 0.1) is 40.0 Å². The van der Waals surface area contributed by atoms with Crippen molar-refractivity contribution in [3.8, 4) is 11.5 Å². The molecule has 1 aliphatic heterocycles. The van der Waals surface area contributed by atoms with E-state index < -0.39 is 41.5 Å². The fourth-order valence-electron chi connectivity index (χ4n) is 6.02. The van der Waals surface area contributed by atoms with E-state index in [9.17, 15) is 14.4 Å². The number of methoxy groups -OCH3 is 2. The van der Waals surface area contributed by atoms with Gasteiger partial charge in [0.1, 0.15) is 35.5 Å². The number of carboxylic acids is 1. The zero-order valence-electron chi connectivity index (χ0n) is 26.8. The Morgan fingerprint density at radius 2 is 1.57 bits per heavy atom. The van der Waals surface area contributed by atoms with Crippen molar-refractivity contribution < 1.29 is 38.4 Å². The average molecular weight is 670 g/mol. The Hall–Kier alpha value is -5.73. The van der Waals surface area contributed by atoms with Crippen LogP contribution in [-0.2, 0) is 29.4 Å². The highest BCUT2D eigenvalue weighted by Gasteiger charge is 2.44. The molecular weight excluding hydrogens is 634 g/mol. The van der Waals surface area contributed by atoms with Crippen molar-refractivity contribution in [1.82, 2.24) is 19.5 Å². The van der Waals surface area contributed by atoms with Crippen molar-refractivity contribution in [3.63, 3.8) is 0 Å². The van der Waals surface area contributed by atoms with E-state index in [0.29, 0.717) is 11.5 Å². The second-order valence-corrected chi connectivity index (χ2v) is 11.4. The van der Waals surface area contributed by atoms with Gasteiger partial charge in [-0.3, -0.25) is 23.9 Å². The molecule has 49 heavy (non-hydrogen) atoms. The number of aromatic nitrogens is 4. The molecular formula is C35H35N5O9. The van der Waals surface area contributed by atoms with Crippen LogP contribution in [0.2, 0.25) is 0 Å². The van der Waals surface area contributed by atoms with Crippen molar-refractivity contribution in [2.24, 2.45) is 0 Å². The quantitative estimate of drug-likeness (QED) is 0.122. The number of carbonyl (C=O) groups excluding carboxylic acids is 1. The molecule has 14 nitrogen and oxygen atoms in total. The van der Waals surface area contributed by atoms with Gasteiger partial charge in [0.2, 0.25) is 5.95 Å². The summed E-state index contributed by atoms with van der Waals surface area (Å²) in [6, 6.07) is 24.7. The lowest BCUT2D eigenvalue weighted by Crippen LogP contribution is -2.39. The van der Waals surface area contributed by atoms with E-state index in [1.165, 1.54) is 6.33 Å². The summed E-state index contributed by atoms with van der Waals surface area (Å²) in [6.07, 6.45) is -1.64. The lowest BCUT2D eigenvalue weighted by Gasteiger charge is -2.37. The van der Waals surface area contributed by atoms with Crippen LogP contribution in [0.4, 0.5) is 5.95 Å². The maximum atomic E-state index is 12.8. The third kappa shape index (κ3) is 6.82. The Morgan fingerprint density at radius 3 is 2.16 bits per heavy atom. The molecule has 0 unspecified atom stereocenters. The number of H-pyrrole nitrogens is 1. The van der Waals surface area contributed by atoms with Crippen LogP contribution in [0.1, 0.15) is 42.2 Å². The molecule has 3 atom stereocenters. The summed E-state index contributed by atoms with van der Waals surface area (Å²) in [4.78, 5) is 47.3. The molecule has 1 fully saturated rings. The molecule has 0 aliphatic carbocycles. The number of hydrogen-bond acceptors (Lipinski definition) is 11. The number of imidazole rings is 1. The number of rotatable bonds is 13. The van der Waals surface area contributed by atoms with E-state index in [1.54, 1.807) is 18.8 Å². The zero-order valence-corrected chi connectivity index (χ0v) is 26.8. The Balaban J connectivity index is 1.40. The maximum absolute atomic E-state index is 12.8. The number of fused-ring (bicyclic) bond motifs is 1. The van der Waals surface area contributed by atoms with Crippen molar-refractivity contribution >= 4 is 29.1 Å². The van der Waals surface area contributed by atoms with Gasteiger partial charge in [0, 0.05) is 6.42 Å². The molecule has 0 spiro atoms. The second kappa shape index (κ2) is 14.2. The number of carboxylic acid groups (broad SMARTS) is 1. The maximum Gasteiger partial charge on any atom is 0.306 e. The fraction of sp³-hybridized carbons (Fsp3) is 0.286. The van der Waals surface area contributed by atoms with Gasteiger partial charge in [-0.1, -0.05) is 54.6 Å². The number of carbonyl (C=O) groups is 2. The minimum absolute atomic E-state index is 0.0645. The molecule has 0 amide bonds. The molecule has 14 heteroatoms. The number of nitrogens with one attached hydrogen (secondary N) is 1. The Morgan fingerprint density at radius 1 is 0.959 bits per heavy atom. The topological polar surface area (TPSA) is 190 Å². The summed E-state index contributed by atoms with van der Waals surface area (Å²) in [7, 11) is 3.18. The first kappa shape index (κ1) is 33.2. The molecule has 1 aliphatic rings. The minimum atomic E-state index is -1.19. The Bertz CT molecular complexity index is 1930. The van der Waals surface area contributed by atoms with Crippen LogP contribution in [0.3, 0.4) is 0 Å². The first-order valence-electron chi connectivity index (χ1n) is 15.5. The van der Waals surface area contributed by atoms with Crippen LogP contribution in [0.25, 0.3) is 11.2 Å². The molecule has 1 saturated heterocycles. The molecule has 2 aromatic heterocycles. The predicted octanol–water partition coefficient (Wildman–Crippen LogP) is 3.79. The second-order valence-electron chi connectivity index (χ2n) is 11.4. The number of hydrogen-bond donors (Lipinski definition) is 3. The summed E-state index contributed by atoms with van der Waals surface area (Å²) in [6.45, 7) is -0.0802. The number of esters is 1. The third-order valence-electron chi connectivity index (χ3n) is 8.40. The van der Waals surface area contributed by atoms with Gasteiger partial charge in [0.25, 0.3) is 5.56 Å². The first-order chi connectivity index (χ1) is 23.7. The summed E-state index contributed by atoms with van der Waals surface area (Å²) >= 11 is 0. The normalized spacial score (nSPS) is 17.6. The molecule has 0 saturated carbocycles. The molecule has 0 radical (unpaired) electrons. The van der Waals surface area contributed by atoms with Gasteiger partial charge in [0.15, 0.2) is 11.2 Å². The highest BCUT2D eigenvalue weighted by molar-refractivity contribution is 5.76. The van der Waals surface area contributed by atoms with E-state index >= 15 is 0 Å². The number of nitrogens with zero attached hydrogens (tertiary/aromatic N) is 3. The van der Waals surface area contributed by atoms with Gasteiger partial charge in [-0.05, 0) is 41.0 Å². The molecule has 3 aromatic carbocycles. The van der Waals surface area contributed by atoms with Gasteiger partial charge in [-0.2, -0.15) is 4.98 Å². The Labute approximate surface area is 280 Å². The first-order valence-corrected chi connectivity index (χ1v) is 15.5. The summed E-state index contributed by atoms with van der Waals surface area (Å²) in [5, 5.41) is 9.13. The standard InChI is InChI=1S/C35H35N5O9/c1-45-24-12-8-22(9-13-24)35(21-6-4-3-5-7-21,23-10-14-25(46-2)15-11-23)47-19-27-26(49-30(43)17-16-29(41)42)18-28(48-27)40-20-37-31-32(40)38-34(36)39-33(31)44/h3-15,20,26-28H,16-19H2,1-2H3,(H,41,42)(H3,36,38,39,44)/t26-,27+,28+/m0/s1. The lowest BCUT2D eigenvalue weighted by molar-refractivity contribution is -0.157. The van der Waals surface area contributed by atoms with Crippen LogP contribution < -0.4 is 20.8 Å². The lowest BCUT2D eigenvalue weighted by atomic mass is 9.80. The number of benzene rings is 3. The number of anilines is 1. The monoisotopic (exact) mass is 669 g/mol. The highest BCUT2D eigenvalue weighted by Crippen LogP contribution is 2.43. The van der Waals surface area contributed by atoms with Crippen LogP contribution in [0.15, 0.2) is 90.0 Å². The van der Waals surface area contributed by atoms with Gasteiger partial charge >= 0.3 is 11.9 Å². The number of aromatic amines is 1. The van der Waals surface area contributed by atoms with Crippen molar-refractivity contribution in [2.75, 3.05) is 26.6 Å². The van der Waals surface area contributed by atoms with E-state index in [-0.39, 0.29) is 43.0 Å². The van der Waals surface area contributed by atoms with Crippen LogP contribution >= 0.6 is 0 Å². The van der Waals surface area contributed by atoms with E-state index in [1.807, 2.05) is 78.9 Å². The van der Waals surface area contributed by atoms with E-state index in [4.69, 9.17) is 34.5 Å². The molecule has 3 heterocycles. The average Bonchev–Trinajstić information content (AvgIpc) is 3.72. The van der Waals surface area contributed by atoms with E-state index in [2.05, 4.69) is 15.0 Å². The molecule has 4 N–H and O–H groups in total. The predicted molar refractivity (Wildman–Crippen MR) is 176 cm³/mol.